The number of nitrogens with zero attached hydrogens (tertiary/aromatic N) is 2. The molecule has 6 nitrogen and oxygen atoms in total. The van der Waals surface area contributed by atoms with Crippen molar-refractivity contribution in [3.8, 4) is 0 Å². The number of aliphatic hydroxyl groups is 2. The molecule has 1 saturated carbocycles. The quantitative estimate of drug-likeness (QED) is 0.729. The first-order chi connectivity index (χ1) is 10.1. The normalized spacial score (nSPS) is 23.8. The van der Waals surface area contributed by atoms with Crippen LogP contribution in [0.15, 0.2) is 12.4 Å². The Morgan fingerprint density at radius 1 is 1.48 bits per heavy atom. The Bertz CT molecular complexity index is 453. The largest absolute Gasteiger partial charge is 0.394 e. The first-order valence-corrected chi connectivity index (χ1v) is 7.74. The number of carbonyl (C=O) groups excluding carboxylic acids is 1. The van der Waals surface area contributed by atoms with Gasteiger partial charge in [-0.25, -0.2) is 0 Å². The van der Waals surface area contributed by atoms with Gasteiger partial charge >= 0.3 is 0 Å². The average Bonchev–Trinajstić information content (AvgIpc) is 2.96. The molecule has 1 fully saturated rings. The summed E-state index contributed by atoms with van der Waals surface area (Å²) < 4.78 is 1.48. The predicted octanol–water partition coefficient (Wildman–Crippen LogP) is 0.935. The molecule has 0 aromatic carbocycles. The van der Waals surface area contributed by atoms with Crippen LogP contribution >= 0.6 is 0 Å². The van der Waals surface area contributed by atoms with Crippen LogP contribution in [0.1, 0.15) is 49.4 Å². The van der Waals surface area contributed by atoms with Gasteiger partial charge in [-0.15, -0.1) is 0 Å². The van der Waals surface area contributed by atoms with Gasteiger partial charge in [-0.05, 0) is 31.6 Å². The van der Waals surface area contributed by atoms with E-state index in [0.717, 1.165) is 18.8 Å². The molecule has 6 heteroatoms. The van der Waals surface area contributed by atoms with E-state index < -0.39 is 6.10 Å². The summed E-state index contributed by atoms with van der Waals surface area (Å²) in [6.45, 7) is 2.09. The molecule has 0 bridgehead atoms. The maximum absolute atomic E-state index is 12.2. The van der Waals surface area contributed by atoms with Gasteiger partial charge < -0.3 is 15.5 Å². The Kier molecular flexibility index (Phi) is 5.76. The molecule has 1 aromatic heterocycles. The number of aliphatic hydroxyl groups excluding tert-OH is 2. The molecule has 2 rings (SSSR count). The highest BCUT2D eigenvalue weighted by Crippen LogP contribution is 2.26. The number of nitrogens with one attached hydrogen (secondary N) is 1. The standard InChI is InChI=1S/C15H25N3O3/c1-2-11-3-5-13(6-4-11)17-15(21)12-7-16-18(8-12)9-14(20)10-19/h7-8,11,13-14,19-20H,2-6,9-10H2,1H3,(H,17,21). The van der Waals surface area contributed by atoms with E-state index in [1.807, 2.05) is 0 Å². The van der Waals surface area contributed by atoms with E-state index in [9.17, 15) is 9.90 Å². The van der Waals surface area contributed by atoms with Gasteiger partial charge in [-0.1, -0.05) is 13.3 Å². The minimum atomic E-state index is -0.856. The summed E-state index contributed by atoms with van der Waals surface area (Å²) in [6, 6.07) is 0.256. The van der Waals surface area contributed by atoms with Crippen LogP contribution in [0.4, 0.5) is 0 Å². The fourth-order valence-corrected chi connectivity index (χ4v) is 2.84. The van der Waals surface area contributed by atoms with E-state index in [-0.39, 0.29) is 25.1 Å². The zero-order valence-corrected chi connectivity index (χ0v) is 12.5. The lowest BCUT2D eigenvalue weighted by molar-refractivity contribution is 0.0781. The van der Waals surface area contributed by atoms with Crippen LogP contribution in [0.25, 0.3) is 0 Å². The molecule has 1 unspecified atom stereocenters. The predicted molar refractivity (Wildman–Crippen MR) is 78.8 cm³/mol. The van der Waals surface area contributed by atoms with Crippen LogP contribution < -0.4 is 5.32 Å². The van der Waals surface area contributed by atoms with Crippen LogP contribution in [0.2, 0.25) is 0 Å². The first-order valence-electron chi connectivity index (χ1n) is 7.74. The van der Waals surface area contributed by atoms with E-state index in [0.29, 0.717) is 5.56 Å². The Labute approximate surface area is 125 Å². The molecule has 1 atom stereocenters. The van der Waals surface area contributed by atoms with Crippen molar-refractivity contribution >= 4 is 5.91 Å². The highest BCUT2D eigenvalue weighted by atomic mass is 16.3. The summed E-state index contributed by atoms with van der Waals surface area (Å²) in [4.78, 5) is 12.2. The maximum atomic E-state index is 12.2. The number of aromatic nitrogens is 2. The highest BCUT2D eigenvalue weighted by Gasteiger charge is 2.22. The molecule has 0 saturated heterocycles. The Balaban J connectivity index is 1.83. The molecule has 1 aromatic rings. The SMILES string of the molecule is CCC1CCC(NC(=O)c2cnn(CC(O)CO)c2)CC1. The molecular formula is C15H25N3O3. The van der Waals surface area contributed by atoms with Crippen molar-refractivity contribution in [2.24, 2.45) is 5.92 Å². The number of hydrogen-bond acceptors (Lipinski definition) is 4. The third-order valence-corrected chi connectivity index (χ3v) is 4.26. The number of hydrogen-bond donors (Lipinski definition) is 3. The molecule has 1 heterocycles. The molecule has 21 heavy (non-hydrogen) atoms. The number of amides is 1. The third kappa shape index (κ3) is 4.54. The topological polar surface area (TPSA) is 87.4 Å². The molecule has 1 aliphatic rings. The lowest BCUT2D eigenvalue weighted by Gasteiger charge is -2.28. The van der Waals surface area contributed by atoms with Gasteiger partial charge in [0.25, 0.3) is 5.91 Å². The fraction of sp³-hybridized carbons (Fsp3) is 0.733. The minimum absolute atomic E-state index is 0.111. The van der Waals surface area contributed by atoms with Crippen LogP contribution in [0.5, 0.6) is 0 Å². The van der Waals surface area contributed by atoms with Gasteiger partial charge in [-0.2, -0.15) is 5.10 Å². The van der Waals surface area contributed by atoms with Crippen molar-refractivity contribution in [1.29, 1.82) is 0 Å². The van der Waals surface area contributed by atoms with Crippen molar-refractivity contribution in [2.75, 3.05) is 6.61 Å². The van der Waals surface area contributed by atoms with Crippen molar-refractivity contribution in [1.82, 2.24) is 15.1 Å². The second kappa shape index (κ2) is 7.56. The second-order valence-corrected chi connectivity index (χ2v) is 5.89. The molecule has 118 valence electrons. The maximum Gasteiger partial charge on any atom is 0.254 e. The van der Waals surface area contributed by atoms with Crippen molar-refractivity contribution in [2.45, 2.75) is 57.7 Å². The fourth-order valence-electron chi connectivity index (χ4n) is 2.84. The van der Waals surface area contributed by atoms with Gasteiger partial charge in [0, 0.05) is 12.2 Å². The van der Waals surface area contributed by atoms with Crippen LogP contribution in [0.3, 0.4) is 0 Å². The van der Waals surface area contributed by atoms with E-state index in [1.165, 1.54) is 30.1 Å². The molecule has 0 aliphatic heterocycles. The molecule has 1 amide bonds. The van der Waals surface area contributed by atoms with Crippen LogP contribution in [-0.4, -0.2) is 44.7 Å². The smallest absolute Gasteiger partial charge is 0.254 e. The van der Waals surface area contributed by atoms with Gasteiger partial charge in [0.2, 0.25) is 0 Å². The molecule has 3 N–H and O–H groups in total. The van der Waals surface area contributed by atoms with E-state index in [1.54, 1.807) is 6.20 Å². The average molecular weight is 295 g/mol. The van der Waals surface area contributed by atoms with Gasteiger partial charge in [0.15, 0.2) is 0 Å². The highest BCUT2D eigenvalue weighted by molar-refractivity contribution is 5.93. The Morgan fingerprint density at radius 3 is 2.81 bits per heavy atom. The van der Waals surface area contributed by atoms with E-state index >= 15 is 0 Å². The lowest BCUT2D eigenvalue weighted by Crippen LogP contribution is -2.37. The number of rotatable bonds is 6. The Morgan fingerprint density at radius 2 is 2.19 bits per heavy atom. The third-order valence-electron chi connectivity index (χ3n) is 4.26. The van der Waals surface area contributed by atoms with Crippen molar-refractivity contribution < 1.29 is 15.0 Å². The summed E-state index contributed by atoms with van der Waals surface area (Å²) in [6.07, 6.45) is 7.92. The summed E-state index contributed by atoms with van der Waals surface area (Å²) in [7, 11) is 0. The molecular weight excluding hydrogens is 270 g/mol. The summed E-state index contributed by atoms with van der Waals surface area (Å²) in [5.41, 5.74) is 0.498. The summed E-state index contributed by atoms with van der Waals surface area (Å²) >= 11 is 0. The van der Waals surface area contributed by atoms with Gasteiger partial charge in [0.05, 0.1) is 31.0 Å². The first kappa shape index (κ1) is 16.0. The molecule has 1 aliphatic carbocycles. The van der Waals surface area contributed by atoms with Crippen LogP contribution in [0, 0.1) is 5.92 Å². The van der Waals surface area contributed by atoms with Crippen LogP contribution in [-0.2, 0) is 6.54 Å². The Hall–Kier alpha value is -1.40. The van der Waals surface area contributed by atoms with Gasteiger partial charge in [-0.3, -0.25) is 9.48 Å². The van der Waals surface area contributed by atoms with E-state index in [2.05, 4.69) is 17.3 Å². The van der Waals surface area contributed by atoms with E-state index in [4.69, 9.17) is 5.11 Å². The van der Waals surface area contributed by atoms with Crippen molar-refractivity contribution in [3.05, 3.63) is 18.0 Å². The monoisotopic (exact) mass is 295 g/mol. The second-order valence-electron chi connectivity index (χ2n) is 5.89. The summed E-state index contributed by atoms with van der Waals surface area (Å²) in [5, 5.41) is 25.2. The van der Waals surface area contributed by atoms with Gasteiger partial charge in [0.1, 0.15) is 0 Å². The summed E-state index contributed by atoms with van der Waals surface area (Å²) in [5.74, 6) is 0.695. The van der Waals surface area contributed by atoms with Crippen molar-refractivity contribution in [3.63, 3.8) is 0 Å². The molecule has 0 spiro atoms. The minimum Gasteiger partial charge on any atom is -0.394 e. The zero-order valence-electron chi connectivity index (χ0n) is 12.5. The molecule has 0 radical (unpaired) electrons. The lowest BCUT2D eigenvalue weighted by atomic mass is 9.84. The zero-order chi connectivity index (χ0) is 15.2. The number of carbonyl (C=O) groups is 1.